The molecule has 2 heterocycles. The van der Waals surface area contributed by atoms with E-state index in [1.54, 1.807) is 0 Å². The Labute approximate surface area is 127 Å². The van der Waals surface area contributed by atoms with Crippen LogP contribution in [-0.2, 0) is 18.9 Å². The van der Waals surface area contributed by atoms with Crippen molar-refractivity contribution in [2.75, 3.05) is 13.7 Å². The second kappa shape index (κ2) is 6.62. The molecule has 3 rings (SSSR count). The first-order valence-corrected chi connectivity index (χ1v) is 6.97. The van der Waals surface area contributed by atoms with E-state index in [0.717, 1.165) is 5.56 Å². The number of hydrogen-bond acceptors (Lipinski definition) is 6. The Morgan fingerprint density at radius 2 is 2.09 bits per heavy atom. The van der Waals surface area contributed by atoms with Gasteiger partial charge in [0.25, 0.3) is 0 Å². The van der Waals surface area contributed by atoms with E-state index < -0.39 is 36.9 Å². The van der Waals surface area contributed by atoms with Gasteiger partial charge in [0.15, 0.2) is 12.6 Å². The van der Waals surface area contributed by atoms with E-state index in [1.807, 2.05) is 30.3 Å². The molecule has 8 heteroatoms. The van der Waals surface area contributed by atoms with Crippen LogP contribution in [0, 0.1) is 0 Å². The van der Waals surface area contributed by atoms with Crippen LogP contribution in [-0.4, -0.2) is 49.5 Å². The lowest BCUT2D eigenvalue weighted by Crippen LogP contribution is -2.61. The zero-order valence-corrected chi connectivity index (χ0v) is 12.0. The third-order valence-electron chi connectivity index (χ3n) is 3.82. The minimum Gasteiger partial charge on any atom is -0.390 e. The summed E-state index contributed by atoms with van der Waals surface area (Å²) in [5.41, 5.74) is 9.50. The maximum absolute atomic E-state index is 10.5. The highest BCUT2D eigenvalue weighted by molar-refractivity contribution is 5.16. The molecule has 1 aromatic rings. The van der Waals surface area contributed by atoms with Crippen LogP contribution in [0.4, 0.5) is 0 Å². The molecule has 1 N–H and O–H groups in total. The molecule has 0 bridgehead atoms. The lowest BCUT2D eigenvalue weighted by molar-refractivity contribution is -0.338. The average Bonchev–Trinajstić information content (AvgIpc) is 2.58. The number of aliphatic hydroxyl groups excluding tert-OH is 1. The fraction of sp³-hybridized carbons (Fsp3) is 0.571. The highest BCUT2D eigenvalue weighted by Crippen LogP contribution is 2.35. The third-order valence-corrected chi connectivity index (χ3v) is 3.82. The Hall–Kier alpha value is -1.67. The second-order valence-corrected chi connectivity index (χ2v) is 5.14. The van der Waals surface area contributed by atoms with Crippen molar-refractivity contribution in [1.29, 1.82) is 0 Å². The summed E-state index contributed by atoms with van der Waals surface area (Å²) < 4.78 is 22.3. The molecule has 8 nitrogen and oxygen atoms in total. The van der Waals surface area contributed by atoms with E-state index in [2.05, 4.69) is 10.0 Å². The van der Waals surface area contributed by atoms with Crippen molar-refractivity contribution in [1.82, 2.24) is 0 Å². The highest BCUT2D eigenvalue weighted by Gasteiger charge is 2.49. The summed E-state index contributed by atoms with van der Waals surface area (Å²) >= 11 is 0. The number of aliphatic hydroxyl groups is 1. The lowest BCUT2D eigenvalue weighted by Gasteiger charge is -2.46. The van der Waals surface area contributed by atoms with Crippen molar-refractivity contribution in [3.05, 3.63) is 46.3 Å². The third kappa shape index (κ3) is 2.80. The Morgan fingerprint density at radius 1 is 1.32 bits per heavy atom. The molecule has 0 radical (unpaired) electrons. The summed E-state index contributed by atoms with van der Waals surface area (Å²) in [4.78, 5) is 2.74. The fourth-order valence-electron chi connectivity index (χ4n) is 2.73. The topological polar surface area (TPSA) is 106 Å². The van der Waals surface area contributed by atoms with Crippen LogP contribution in [0.5, 0.6) is 0 Å². The van der Waals surface area contributed by atoms with Gasteiger partial charge in [0.1, 0.15) is 18.2 Å². The van der Waals surface area contributed by atoms with Gasteiger partial charge in [-0.25, -0.2) is 0 Å². The molecule has 0 aliphatic carbocycles. The molecule has 0 aromatic heterocycles. The average molecular weight is 307 g/mol. The molecule has 0 spiro atoms. The van der Waals surface area contributed by atoms with Gasteiger partial charge < -0.3 is 24.1 Å². The van der Waals surface area contributed by atoms with Gasteiger partial charge in [-0.3, -0.25) is 0 Å². The SMILES string of the molecule is CO[C@H]1O[C@@H]2COC(c3ccccc3)O[C@H]2[C@H](O)[C@H]1N=[N+]=[N-]. The number of fused-ring (bicyclic) bond motifs is 1. The molecule has 22 heavy (non-hydrogen) atoms. The van der Waals surface area contributed by atoms with E-state index >= 15 is 0 Å². The monoisotopic (exact) mass is 307 g/mol. The quantitative estimate of drug-likeness (QED) is 0.517. The van der Waals surface area contributed by atoms with Crippen LogP contribution < -0.4 is 0 Å². The first kappa shape index (κ1) is 15.2. The van der Waals surface area contributed by atoms with Gasteiger partial charge in [0, 0.05) is 17.6 Å². The van der Waals surface area contributed by atoms with Crippen molar-refractivity contribution in [2.24, 2.45) is 5.11 Å². The van der Waals surface area contributed by atoms with Crippen molar-refractivity contribution in [3.8, 4) is 0 Å². The number of rotatable bonds is 3. The maximum atomic E-state index is 10.5. The summed E-state index contributed by atoms with van der Waals surface area (Å²) in [7, 11) is 1.43. The molecule has 1 aromatic carbocycles. The molecule has 2 aliphatic heterocycles. The molecule has 6 atom stereocenters. The standard InChI is InChI=1S/C14H17N3O5/c1-19-14-10(16-17-15)11(18)12-9(21-14)7-20-13(22-12)8-5-3-2-4-6-8/h2-6,9-14,18H,7H2,1H3/t9-,10-,11-,12-,13?,14+/m1/s1. The summed E-state index contributed by atoms with van der Waals surface area (Å²) in [5, 5.41) is 14.0. The van der Waals surface area contributed by atoms with Crippen LogP contribution in [0.3, 0.4) is 0 Å². The van der Waals surface area contributed by atoms with Gasteiger partial charge in [0.05, 0.1) is 12.7 Å². The molecule has 118 valence electrons. The van der Waals surface area contributed by atoms with Crippen molar-refractivity contribution < 1.29 is 24.1 Å². The van der Waals surface area contributed by atoms with E-state index in [0.29, 0.717) is 0 Å². The summed E-state index contributed by atoms with van der Waals surface area (Å²) in [6, 6.07) is 8.55. The van der Waals surface area contributed by atoms with E-state index in [-0.39, 0.29) is 6.61 Å². The predicted octanol–water partition coefficient (Wildman–Crippen LogP) is 1.51. The fourth-order valence-corrected chi connectivity index (χ4v) is 2.73. The smallest absolute Gasteiger partial charge is 0.184 e. The number of hydrogen-bond donors (Lipinski definition) is 1. The van der Waals surface area contributed by atoms with Crippen LogP contribution in [0.2, 0.25) is 0 Å². The second-order valence-electron chi connectivity index (χ2n) is 5.14. The van der Waals surface area contributed by atoms with E-state index in [4.69, 9.17) is 24.5 Å². The zero-order chi connectivity index (χ0) is 15.5. The van der Waals surface area contributed by atoms with Gasteiger partial charge in [-0.1, -0.05) is 35.4 Å². The molecular formula is C14H17N3O5. The summed E-state index contributed by atoms with van der Waals surface area (Å²) in [6.45, 7) is 0.254. The first-order chi connectivity index (χ1) is 10.7. The number of methoxy groups -OCH3 is 1. The lowest BCUT2D eigenvalue weighted by atomic mass is 9.96. The number of nitrogens with zero attached hydrogens (tertiary/aromatic N) is 3. The van der Waals surface area contributed by atoms with Gasteiger partial charge in [-0.15, -0.1) is 0 Å². The molecule has 2 aliphatic rings. The van der Waals surface area contributed by atoms with Crippen molar-refractivity contribution in [3.63, 3.8) is 0 Å². The van der Waals surface area contributed by atoms with Crippen LogP contribution in [0.1, 0.15) is 11.9 Å². The van der Waals surface area contributed by atoms with Crippen LogP contribution >= 0.6 is 0 Å². The molecule has 0 saturated carbocycles. The van der Waals surface area contributed by atoms with Gasteiger partial charge >= 0.3 is 0 Å². The molecular weight excluding hydrogens is 290 g/mol. The Kier molecular flexibility index (Phi) is 4.58. The zero-order valence-electron chi connectivity index (χ0n) is 12.0. The number of ether oxygens (including phenoxy) is 4. The molecule has 2 saturated heterocycles. The number of benzene rings is 1. The summed E-state index contributed by atoms with van der Waals surface area (Å²) in [5.74, 6) is 0. The van der Waals surface area contributed by atoms with Gasteiger partial charge in [-0.2, -0.15) is 0 Å². The molecule has 2 fully saturated rings. The van der Waals surface area contributed by atoms with Crippen molar-refractivity contribution in [2.45, 2.75) is 36.9 Å². The van der Waals surface area contributed by atoms with Crippen molar-refractivity contribution >= 4 is 0 Å². The normalized spacial score (nSPS) is 37.9. The van der Waals surface area contributed by atoms with Crippen LogP contribution in [0.25, 0.3) is 10.4 Å². The minimum absolute atomic E-state index is 0.254. The number of azide groups is 1. The van der Waals surface area contributed by atoms with Gasteiger partial charge in [-0.05, 0) is 5.53 Å². The van der Waals surface area contributed by atoms with E-state index in [9.17, 15) is 5.11 Å². The Morgan fingerprint density at radius 3 is 2.77 bits per heavy atom. The maximum Gasteiger partial charge on any atom is 0.184 e. The first-order valence-electron chi connectivity index (χ1n) is 6.97. The molecule has 0 amide bonds. The predicted molar refractivity (Wildman–Crippen MR) is 74.6 cm³/mol. The molecule has 1 unspecified atom stereocenters. The Balaban J connectivity index is 1.79. The van der Waals surface area contributed by atoms with Crippen LogP contribution in [0.15, 0.2) is 35.4 Å². The Bertz CT molecular complexity index is 551. The summed E-state index contributed by atoms with van der Waals surface area (Å²) in [6.07, 6.45) is -3.58. The minimum atomic E-state index is -1.03. The largest absolute Gasteiger partial charge is 0.390 e. The highest BCUT2D eigenvalue weighted by atomic mass is 16.7. The van der Waals surface area contributed by atoms with Gasteiger partial charge in [0.2, 0.25) is 0 Å². The van der Waals surface area contributed by atoms with E-state index in [1.165, 1.54) is 7.11 Å².